The van der Waals surface area contributed by atoms with Gasteiger partial charge in [0.25, 0.3) is 0 Å². The predicted octanol–water partition coefficient (Wildman–Crippen LogP) is 1.66. The van der Waals surface area contributed by atoms with Crippen molar-refractivity contribution in [1.82, 2.24) is 4.90 Å². The van der Waals surface area contributed by atoms with Crippen LogP contribution < -0.4 is 5.73 Å². The number of nitrogens with zero attached hydrogens (tertiary/aromatic N) is 1. The van der Waals surface area contributed by atoms with Crippen molar-refractivity contribution < 1.29 is 9.90 Å². The summed E-state index contributed by atoms with van der Waals surface area (Å²) in [5.41, 5.74) is 6.97. The highest BCUT2D eigenvalue weighted by molar-refractivity contribution is 5.82. The van der Waals surface area contributed by atoms with E-state index < -0.39 is 6.04 Å². The summed E-state index contributed by atoms with van der Waals surface area (Å²) >= 11 is 0. The molecule has 19 heavy (non-hydrogen) atoms. The lowest BCUT2D eigenvalue weighted by molar-refractivity contribution is -0.133. The summed E-state index contributed by atoms with van der Waals surface area (Å²) in [5.74, 6) is 0.242. The number of carbonyl (C=O) groups excluding carboxylic acids is 1. The molecule has 104 valence electrons. The molecule has 1 aromatic rings. The lowest BCUT2D eigenvalue weighted by Gasteiger charge is -2.27. The average molecular weight is 262 g/mol. The third kappa shape index (κ3) is 3.47. The lowest BCUT2D eigenvalue weighted by Crippen LogP contribution is -2.46. The minimum absolute atomic E-state index is 0.0139. The fourth-order valence-electron chi connectivity index (χ4n) is 2.71. The number of phenolic OH excluding ortho intramolecular Hbond substituents is 1. The average Bonchev–Trinajstić information content (AvgIpc) is 2.93. The third-order valence-electron chi connectivity index (χ3n) is 3.93. The molecule has 0 heterocycles. The molecule has 1 fully saturated rings. The van der Waals surface area contributed by atoms with Crippen molar-refractivity contribution in [2.24, 2.45) is 5.73 Å². The Balaban J connectivity index is 1.93. The molecule has 4 heteroatoms. The van der Waals surface area contributed by atoms with E-state index in [1.165, 1.54) is 12.8 Å². The van der Waals surface area contributed by atoms with Gasteiger partial charge < -0.3 is 15.7 Å². The van der Waals surface area contributed by atoms with Crippen LogP contribution >= 0.6 is 0 Å². The number of phenols is 1. The van der Waals surface area contributed by atoms with E-state index in [-0.39, 0.29) is 11.7 Å². The maximum Gasteiger partial charge on any atom is 0.239 e. The van der Waals surface area contributed by atoms with Crippen molar-refractivity contribution in [1.29, 1.82) is 0 Å². The summed E-state index contributed by atoms with van der Waals surface area (Å²) in [4.78, 5) is 14.1. The van der Waals surface area contributed by atoms with Crippen molar-refractivity contribution >= 4 is 5.91 Å². The maximum atomic E-state index is 12.3. The summed E-state index contributed by atoms with van der Waals surface area (Å²) in [7, 11) is 1.86. The Bertz CT molecular complexity index is 424. The lowest BCUT2D eigenvalue weighted by atomic mass is 10.0. The normalized spacial score (nSPS) is 17.4. The zero-order chi connectivity index (χ0) is 13.8. The van der Waals surface area contributed by atoms with Crippen LogP contribution in [0, 0.1) is 0 Å². The number of nitrogens with two attached hydrogens (primary N) is 1. The molecule has 2 rings (SSSR count). The van der Waals surface area contributed by atoms with Crippen molar-refractivity contribution in [2.75, 3.05) is 7.05 Å². The number of hydrogen-bond acceptors (Lipinski definition) is 3. The Hall–Kier alpha value is -1.55. The molecule has 0 spiro atoms. The zero-order valence-electron chi connectivity index (χ0n) is 11.4. The smallest absolute Gasteiger partial charge is 0.239 e. The largest absolute Gasteiger partial charge is 0.508 e. The highest BCUT2D eigenvalue weighted by Crippen LogP contribution is 2.23. The molecular weight excluding hydrogens is 240 g/mol. The van der Waals surface area contributed by atoms with Gasteiger partial charge in [-0.25, -0.2) is 0 Å². The number of carbonyl (C=O) groups is 1. The van der Waals surface area contributed by atoms with Crippen LogP contribution in [0.3, 0.4) is 0 Å². The van der Waals surface area contributed by atoms with E-state index in [1.807, 2.05) is 11.9 Å². The minimum atomic E-state index is -0.504. The molecule has 0 aliphatic heterocycles. The Morgan fingerprint density at radius 1 is 1.37 bits per heavy atom. The second-order valence-corrected chi connectivity index (χ2v) is 5.36. The van der Waals surface area contributed by atoms with Crippen LogP contribution in [0.1, 0.15) is 31.2 Å². The van der Waals surface area contributed by atoms with Gasteiger partial charge in [-0.3, -0.25) is 4.79 Å². The molecule has 1 saturated carbocycles. The van der Waals surface area contributed by atoms with E-state index in [0.717, 1.165) is 18.4 Å². The van der Waals surface area contributed by atoms with E-state index in [1.54, 1.807) is 24.3 Å². The molecule has 1 amide bonds. The van der Waals surface area contributed by atoms with Gasteiger partial charge in [-0.05, 0) is 37.0 Å². The fourth-order valence-corrected chi connectivity index (χ4v) is 2.71. The molecule has 0 radical (unpaired) electrons. The minimum Gasteiger partial charge on any atom is -0.508 e. The van der Waals surface area contributed by atoms with Crippen LogP contribution in [0.5, 0.6) is 5.75 Å². The van der Waals surface area contributed by atoms with Gasteiger partial charge in [0.15, 0.2) is 0 Å². The summed E-state index contributed by atoms with van der Waals surface area (Å²) in [6, 6.07) is 6.70. The van der Waals surface area contributed by atoms with Crippen molar-refractivity contribution in [3.63, 3.8) is 0 Å². The van der Waals surface area contributed by atoms with E-state index in [9.17, 15) is 9.90 Å². The van der Waals surface area contributed by atoms with E-state index >= 15 is 0 Å². The van der Waals surface area contributed by atoms with Crippen LogP contribution in [0.25, 0.3) is 0 Å². The first kappa shape index (κ1) is 13.9. The van der Waals surface area contributed by atoms with E-state index in [4.69, 9.17) is 5.73 Å². The van der Waals surface area contributed by atoms with Crippen LogP contribution in [0.2, 0.25) is 0 Å². The molecule has 1 atom stereocenters. The second kappa shape index (κ2) is 6.06. The van der Waals surface area contributed by atoms with Crippen LogP contribution in [0.15, 0.2) is 24.3 Å². The molecule has 0 bridgehead atoms. The van der Waals surface area contributed by atoms with Crippen LogP contribution in [-0.2, 0) is 11.2 Å². The van der Waals surface area contributed by atoms with Gasteiger partial charge in [-0.2, -0.15) is 0 Å². The van der Waals surface area contributed by atoms with E-state index in [2.05, 4.69) is 0 Å². The molecule has 1 aliphatic rings. The summed E-state index contributed by atoms with van der Waals surface area (Å²) in [6.07, 6.45) is 5.10. The molecular formula is C15H22N2O2. The number of aromatic hydroxyl groups is 1. The highest BCUT2D eigenvalue weighted by atomic mass is 16.3. The molecule has 0 aromatic heterocycles. The molecule has 1 aromatic carbocycles. The van der Waals surface area contributed by atoms with E-state index in [0.29, 0.717) is 12.5 Å². The number of hydrogen-bond donors (Lipinski definition) is 2. The Morgan fingerprint density at radius 3 is 2.53 bits per heavy atom. The van der Waals surface area contributed by atoms with Gasteiger partial charge in [0, 0.05) is 13.1 Å². The van der Waals surface area contributed by atoms with Gasteiger partial charge in [-0.1, -0.05) is 25.0 Å². The summed E-state index contributed by atoms with van der Waals surface area (Å²) < 4.78 is 0. The van der Waals surface area contributed by atoms with Crippen molar-refractivity contribution in [3.8, 4) is 5.75 Å². The third-order valence-corrected chi connectivity index (χ3v) is 3.93. The quantitative estimate of drug-likeness (QED) is 0.867. The first-order valence-corrected chi connectivity index (χ1v) is 6.88. The summed E-state index contributed by atoms with van der Waals surface area (Å²) in [5, 5.41) is 9.23. The van der Waals surface area contributed by atoms with Gasteiger partial charge in [0.1, 0.15) is 5.75 Å². The monoisotopic (exact) mass is 262 g/mol. The van der Waals surface area contributed by atoms with Crippen LogP contribution in [0.4, 0.5) is 0 Å². The molecule has 3 N–H and O–H groups in total. The molecule has 0 unspecified atom stereocenters. The van der Waals surface area contributed by atoms with Gasteiger partial charge in [0.05, 0.1) is 6.04 Å². The van der Waals surface area contributed by atoms with Crippen LogP contribution in [-0.4, -0.2) is 35.0 Å². The SMILES string of the molecule is CN(C(=O)[C@@H](N)Cc1ccc(O)cc1)C1CCCC1. The van der Waals surface area contributed by atoms with Gasteiger partial charge in [-0.15, -0.1) is 0 Å². The topological polar surface area (TPSA) is 66.6 Å². The standard InChI is InChI=1S/C15H22N2O2/c1-17(12-4-2-3-5-12)15(19)14(16)10-11-6-8-13(18)9-7-11/h6-9,12,14,18H,2-5,10,16H2,1H3/t14-/m0/s1. The first-order valence-electron chi connectivity index (χ1n) is 6.88. The number of benzene rings is 1. The van der Waals surface area contributed by atoms with Crippen molar-refractivity contribution in [2.45, 2.75) is 44.2 Å². The van der Waals surface area contributed by atoms with Gasteiger partial charge >= 0.3 is 0 Å². The zero-order valence-corrected chi connectivity index (χ0v) is 11.4. The molecule has 4 nitrogen and oxygen atoms in total. The maximum absolute atomic E-state index is 12.3. The molecule has 1 aliphatic carbocycles. The fraction of sp³-hybridized carbons (Fsp3) is 0.533. The number of likely N-dealkylation sites (N-methyl/N-ethyl adjacent to an activating group) is 1. The highest BCUT2D eigenvalue weighted by Gasteiger charge is 2.26. The molecule has 0 saturated heterocycles. The van der Waals surface area contributed by atoms with Crippen molar-refractivity contribution in [3.05, 3.63) is 29.8 Å². The Kier molecular flexibility index (Phi) is 4.43. The first-order chi connectivity index (χ1) is 9.08. The number of rotatable bonds is 4. The van der Waals surface area contributed by atoms with Gasteiger partial charge in [0.2, 0.25) is 5.91 Å². The Labute approximate surface area is 114 Å². The number of amides is 1. The Morgan fingerprint density at radius 2 is 1.95 bits per heavy atom. The second-order valence-electron chi connectivity index (χ2n) is 5.36. The predicted molar refractivity (Wildman–Crippen MR) is 74.8 cm³/mol. The summed E-state index contributed by atoms with van der Waals surface area (Å²) in [6.45, 7) is 0.